The molecule has 2 aliphatic rings. The number of benzene rings is 1. The summed E-state index contributed by atoms with van der Waals surface area (Å²) in [6.07, 6.45) is 3.48. The van der Waals surface area contributed by atoms with Crippen LogP contribution in [0.4, 0.5) is 10.1 Å². The van der Waals surface area contributed by atoms with Crippen LogP contribution in [0, 0.1) is 5.82 Å². The van der Waals surface area contributed by atoms with Gasteiger partial charge in [-0.1, -0.05) is 6.07 Å². The number of rotatable bonds is 4. The van der Waals surface area contributed by atoms with E-state index in [1.165, 1.54) is 18.4 Å². The van der Waals surface area contributed by atoms with Crippen molar-refractivity contribution in [2.45, 2.75) is 19.3 Å². The van der Waals surface area contributed by atoms with Gasteiger partial charge in [-0.05, 0) is 37.0 Å². The molecule has 0 aromatic heterocycles. The Morgan fingerprint density at radius 2 is 1.80 bits per heavy atom. The van der Waals surface area contributed by atoms with Crippen LogP contribution in [0.1, 0.15) is 18.4 Å². The molecule has 0 atom stereocenters. The fourth-order valence-electron chi connectivity index (χ4n) is 3.21. The monoisotopic (exact) mass is 277 g/mol. The van der Waals surface area contributed by atoms with E-state index in [2.05, 4.69) is 15.1 Å². The van der Waals surface area contributed by atoms with Crippen molar-refractivity contribution in [3.05, 3.63) is 29.6 Å². The van der Waals surface area contributed by atoms with E-state index in [-0.39, 0.29) is 5.82 Å². The van der Waals surface area contributed by atoms with Gasteiger partial charge in [0.05, 0.1) is 0 Å². The normalized spacial score (nSPS) is 20.6. The Bertz CT molecular complexity index is 437. The predicted molar refractivity (Wildman–Crippen MR) is 80.9 cm³/mol. The number of nitrogens with zero attached hydrogens (tertiary/aromatic N) is 2. The second kappa shape index (κ2) is 6.55. The SMILES string of the molecule is Fc1ccc(CCN2CCNCC2)c(N2CCCC2)c1. The molecule has 0 spiro atoms. The van der Waals surface area contributed by atoms with Gasteiger partial charge in [0.15, 0.2) is 0 Å². The first kappa shape index (κ1) is 13.8. The zero-order valence-electron chi connectivity index (χ0n) is 12.1. The lowest BCUT2D eigenvalue weighted by atomic mass is 10.1. The third kappa shape index (κ3) is 3.30. The van der Waals surface area contributed by atoms with Crippen molar-refractivity contribution in [1.82, 2.24) is 10.2 Å². The van der Waals surface area contributed by atoms with Crippen LogP contribution in [-0.2, 0) is 6.42 Å². The number of halogens is 1. The average molecular weight is 277 g/mol. The topological polar surface area (TPSA) is 18.5 Å². The fourth-order valence-corrected chi connectivity index (χ4v) is 3.21. The van der Waals surface area contributed by atoms with Crippen molar-refractivity contribution < 1.29 is 4.39 Å². The van der Waals surface area contributed by atoms with Crippen molar-refractivity contribution >= 4 is 5.69 Å². The molecule has 1 aromatic rings. The number of piperazine rings is 1. The van der Waals surface area contributed by atoms with Gasteiger partial charge in [0.1, 0.15) is 5.82 Å². The summed E-state index contributed by atoms with van der Waals surface area (Å²) in [4.78, 5) is 4.84. The molecule has 20 heavy (non-hydrogen) atoms. The Labute approximate surface area is 120 Å². The van der Waals surface area contributed by atoms with Crippen molar-refractivity contribution in [1.29, 1.82) is 0 Å². The van der Waals surface area contributed by atoms with E-state index in [1.54, 1.807) is 12.1 Å². The third-order valence-corrected chi connectivity index (χ3v) is 4.40. The molecule has 110 valence electrons. The van der Waals surface area contributed by atoms with E-state index in [1.807, 2.05) is 6.07 Å². The Balaban J connectivity index is 1.67. The molecule has 4 heteroatoms. The summed E-state index contributed by atoms with van der Waals surface area (Å²) >= 11 is 0. The molecule has 1 aromatic carbocycles. The summed E-state index contributed by atoms with van der Waals surface area (Å²) in [5, 5.41) is 3.38. The van der Waals surface area contributed by atoms with Gasteiger partial charge >= 0.3 is 0 Å². The highest BCUT2D eigenvalue weighted by atomic mass is 19.1. The van der Waals surface area contributed by atoms with Gasteiger partial charge in [0.25, 0.3) is 0 Å². The zero-order chi connectivity index (χ0) is 13.8. The smallest absolute Gasteiger partial charge is 0.125 e. The highest BCUT2D eigenvalue weighted by Crippen LogP contribution is 2.26. The lowest BCUT2D eigenvalue weighted by molar-refractivity contribution is 0.244. The van der Waals surface area contributed by atoms with E-state index in [4.69, 9.17) is 0 Å². The maximum absolute atomic E-state index is 13.6. The van der Waals surface area contributed by atoms with E-state index < -0.39 is 0 Å². The maximum Gasteiger partial charge on any atom is 0.125 e. The Morgan fingerprint density at radius 1 is 1.05 bits per heavy atom. The van der Waals surface area contributed by atoms with Crippen LogP contribution < -0.4 is 10.2 Å². The minimum absolute atomic E-state index is 0.113. The van der Waals surface area contributed by atoms with Crippen LogP contribution in [0.15, 0.2) is 18.2 Å². The van der Waals surface area contributed by atoms with E-state index in [0.29, 0.717) is 0 Å². The molecule has 0 unspecified atom stereocenters. The summed E-state index contributed by atoms with van der Waals surface area (Å²) in [6.45, 7) is 7.65. The quantitative estimate of drug-likeness (QED) is 0.906. The number of hydrogen-bond donors (Lipinski definition) is 1. The predicted octanol–water partition coefficient (Wildman–Crippen LogP) is 1.87. The second-order valence-corrected chi connectivity index (χ2v) is 5.81. The van der Waals surface area contributed by atoms with Gasteiger partial charge < -0.3 is 15.1 Å². The lowest BCUT2D eigenvalue weighted by Gasteiger charge is -2.28. The van der Waals surface area contributed by atoms with E-state index >= 15 is 0 Å². The summed E-state index contributed by atoms with van der Waals surface area (Å²) in [5.74, 6) is -0.113. The van der Waals surface area contributed by atoms with E-state index in [0.717, 1.165) is 57.9 Å². The van der Waals surface area contributed by atoms with Gasteiger partial charge in [-0.2, -0.15) is 0 Å². The summed E-state index contributed by atoms with van der Waals surface area (Å²) in [6, 6.07) is 5.30. The van der Waals surface area contributed by atoms with Crippen molar-refractivity contribution in [2.75, 3.05) is 50.7 Å². The third-order valence-electron chi connectivity index (χ3n) is 4.40. The van der Waals surface area contributed by atoms with Crippen LogP contribution in [-0.4, -0.2) is 50.7 Å². The Hall–Kier alpha value is -1.13. The van der Waals surface area contributed by atoms with Crippen molar-refractivity contribution in [3.8, 4) is 0 Å². The molecule has 2 aliphatic heterocycles. The molecule has 1 N–H and O–H groups in total. The number of anilines is 1. The number of nitrogens with one attached hydrogen (secondary N) is 1. The van der Waals surface area contributed by atoms with E-state index in [9.17, 15) is 4.39 Å². The highest BCUT2D eigenvalue weighted by Gasteiger charge is 2.17. The van der Waals surface area contributed by atoms with Gasteiger partial charge in [-0.25, -0.2) is 4.39 Å². The molecular formula is C16H24FN3. The van der Waals surface area contributed by atoms with Crippen LogP contribution in [0.3, 0.4) is 0 Å². The highest BCUT2D eigenvalue weighted by molar-refractivity contribution is 5.54. The molecule has 3 rings (SSSR count). The molecule has 0 radical (unpaired) electrons. The summed E-state index contributed by atoms with van der Waals surface area (Å²) in [7, 11) is 0. The van der Waals surface area contributed by atoms with Crippen LogP contribution >= 0.6 is 0 Å². The molecule has 0 amide bonds. The molecule has 0 aliphatic carbocycles. The van der Waals surface area contributed by atoms with Gasteiger partial charge in [0, 0.05) is 51.5 Å². The Kier molecular flexibility index (Phi) is 4.53. The molecule has 2 heterocycles. The molecule has 3 nitrogen and oxygen atoms in total. The summed E-state index contributed by atoms with van der Waals surface area (Å²) < 4.78 is 13.6. The standard InChI is InChI=1S/C16H24FN3/c17-15-4-3-14(5-10-19-11-6-18-7-12-19)16(13-15)20-8-1-2-9-20/h3-4,13,18H,1-2,5-12H2. The first-order valence-electron chi connectivity index (χ1n) is 7.79. The van der Waals surface area contributed by atoms with Crippen molar-refractivity contribution in [3.63, 3.8) is 0 Å². The molecule has 0 bridgehead atoms. The van der Waals surface area contributed by atoms with Crippen molar-refractivity contribution in [2.24, 2.45) is 0 Å². The molecular weight excluding hydrogens is 253 g/mol. The van der Waals surface area contributed by atoms with Crippen LogP contribution in [0.25, 0.3) is 0 Å². The minimum atomic E-state index is -0.113. The maximum atomic E-state index is 13.6. The van der Waals surface area contributed by atoms with Gasteiger partial charge in [-0.3, -0.25) is 0 Å². The fraction of sp³-hybridized carbons (Fsp3) is 0.625. The van der Waals surface area contributed by atoms with Crippen LogP contribution in [0.2, 0.25) is 0 Å². The first-order chi connectivity index (χ1) is 9.83. The minimum Gasteiger partial charge on any atom is -0.371 e. The Morgan fingerprint density at radius 3 is 2.55 bits per heavy atom. The zero-order valence-corrected chi connectivity index (χ0v) is 12.1. The number of hydrogen-bond acceptors (Lipinski definition) is 3. The largest absolute Gasteiger partial charge is 0.371 e. The van der Waals surface area contributed by atoms with Crippen LogP contribution in [0.5, 0.6) is 0 Å². The molecule has 0 saturated carbocycles. The first-order valence-corrected chi connectivity index (χ1v) is 7.79. The van der Waals surface area contributed by atoms with Gasteiger partial charge in [0.2, 0.25) is 0 Å². The molecule has 2 saturated heterocycles. The second-order valence-electron chi connectivity index (χ2n) is 5.81. The average Bonchev–Trinajstić information content (AvgIpc) is 3.01. The lowest BCUT2D eigenvalue weighted by Crippen LogP contribution is -2.44. The molecule has 2 fully saturated rings. The summed E-state index contributed by atoms with van der Waals surface area (Å²) in [5.41, 5.74) is 2.42. The van der Waals surface area contributed by atoms with Gasteiger partial charge in [-0.15, -0.1) is 0 Å².